The Balaban J connectivity index is 1.20. The van der Waals surface area contributed by atoms with Crippen molar-refractivity contribution in [1.82, 2.24) is 9.80 Å². The third-order valence-corrected chi connectivity index (χ3v) is 17.3. The van der Waals surface area contributed by atoms with Crippen LogP contribution in [-0.4, -0.2) is 46.1 Å². The summed E-state index contributed by atoms with van der Waals surface area (Å²) in [5.74, 6) is 8.98. The molecule has 268 valence electrons. The van der Waals surface area contributed by atoms with E-state index in [-0.39, 0.29) is 0 Å². The molecule has 0 bridgehead atoms. The Labute approximate surface area is 292 Å². The summed E-state index contributed by atoms with van der Waals surface area (Å²) < 4.78 is 0. The lowest BCUT2D eigenvalue weighted by Crippen LogP contribution is -2.68. The minimum absolute atomic E-state index is 0.896. The summed E-state index contributed by atoms with van der Waals surface area (Å²) in [5, 5.41) is 0. The van der Waals surface area contributed by atoms with Gasteiger partial charge in [0.2, 0.25) is 0 Å². The van der Waals surface area contributed by atoms with Crippen LogP contribution in [0.4, 0.5) is 0 Å². The lowest BCUT2D eigenvalue weighted by atomic mass is 9.50. The molecule has 0 aromatic carbocycles. The van der Waals surface area contributed by atoms with Gasteiger partial charge >= 0.3 is 0 Å². The van der Waals surface area contributed by atoms with E-state index in [1.807, 2.05) is 0 Å². The van der Waals surface area contributed by atoms with Gasteiger partial charge in [-0.15, -0.1) is 0 Å². The Bertz CT molecular complexity index is 940. The molecular weight excluding hydrogens is 569 g/mol. The molecule has 0 aliphatic heterocycles. The van der Waals surface area contributed by atoms with Gasteiger partial charge in [0.15, 0.2) is 0 Å². The van der Waals surface area contributed by atoms with Crippen LogP contribution in [0.15, 0.2) is 0 Å². The Morgan fingerprint density at radius 3 is 1.00 bits per heavy atom. The highest BCUT2D eigenvalue weighted by Crippen LogP contribution is 2.59. The molecule has 8 atom stereocenters. The second-order valence-electron chi connectivity index (χ2n) is 20.1. The first-order valence-electron chi connectivity index (χ1n) is 22.6. The van der Waals surface area contributed by atoms with Crippen LogP contribution in [0.3, 0.4) is 0 Å². The molecule has 8 fully saturated rings. The lowest BCUT2D eigenvalue weighted by molar-refractivity contribution is -0.154. The molecule has 0 N–H and O–H groups in total. The molecule has 0 spiro atoms. The summed E-state index contributed by atoms with van der Waals surface area (Å²) in [6, 6.07) is 5.44. The summed E-state index contributed by atoms with van der Waals surface area (Å²) in [6.45, 7) is 7.70. The molecule has 8 unspecified atom stereocenters. The first kappa shape index (κ1) is 34.0. The van der Waals surface area contributed by atoms with E-state index in [1.54, 1.807) is 38.5 Å². The minimum atomic E-state index is 0.896. The monoisotopic (exact) mass is 647 g/mol. The summed E-state index contributed by atoms with van der Waals surface area (Å²) in [4.78, 5) is 6.95. The predicted molar refractivity (Wildman–Crippen MR) is 199 cm³/mol. The molecule has 8 rings (SSSR count). The van der Waals surface area contributed by atoms with Gasteiger partial charge in [0.25, 0.3) is 0 Å². The quantitative estimate of drug-likeness (QED) is 0.283. The van der Waals surface area contributed by atoms with Crippen molar-refractivity contribution in [3.05, 3.63) is 0 Å². The first-order chi connectivity index (χ1) is 23.0. The first-order valence-corrected chi connectivity index (χ1v) is 22.6. The van der Waals surface area contributed by atoms with Crippen LogP contribution in [-0.2, 0) is 0 Å². The molecule has 47 heavy (non-hydrogen) atoms. The maximum absolute atomic E-state index is 3.48. The zero-order valence-electron chi connectivity index (χ0n) is 31.6. The van der Waals surface area contributed by atoms with Crippen molar-refractivity contribution in [2.75, 3.05) is 0 Å². The van der Waals surface area contributed by atoms with Crippen LogP contribution in [0.1, 0.15) is 194 Å². The highest BCUT2D eigenvalue weighted by Gasteiger charge is 2.58. The zero-order chi connectivity index (χ0) is 31.9. The minimum Gasteiger partial charge on any atom is -0.294 e. The van der Waals surface area contributed by atoms with E-state index in [2.05, 4.69) is 30.6 Å². The van der Waals surface area contributed by atoms with Crippen molar-refractivity contribution in [2.45, 2.75) is 230 Å². The Kier molecular flexibility index (Phi) is 11.0. The SMILES string of the molecule is CC1CCC(N(C2CCCCC2)C2C3CCCCC3CC3C2CC2CCCCC2C3N(C2CCC(C)CC2)C2CCC(C)CC2)CC1. The third kappa shape index (κ3) is 7.07. The van der Waals surface area contributed by atoms with E-state index in [1.165, 1.54) is 135 Å². The fourth-order valence-electron chi connectivity index (χ4n) is 14.9. The molecule has 0 radical (unpaired) electrons. The van der Waals surface area contributed by atoms with Gasteiger partial charge in [-0.1, -0.05) is 78.6 Å². The van der Waals surface area contributed by atoms with Crippen molar-refractivity contribution in [1.29, 1.82) is 0 Å². The van der Waals surface area contributed by atoms with E-state index in [0.29, 0.717) is 0 Å². The number of fused-ring (bicyclic) bond motifs is 3. The fraction of sp³-hybridized carbons (Fsp3) is 1.00. The van der Waals surface area contributed by atoms with Gasteiger partial charge in [-0.2, -0.15) is 0 Å². The maximum atomic E-state index is 3.48. The van der Waals surface area contributed by atoms with E-state index in [0.717, 1.165) is 89.5 Å². The predicted octanol–water partition coefficient (Wildman–Crippen LogP) is 12.0. The highest BCUT2D eigenvalue weighted by atomic mass is 15.3. The standard InChI is InChI=1S/C45H78N2/c1-31-17-23-37(24-18-31)46(36-13-5-4-6-14-36)44-40-15-9-7-11-34(40)30-43-42(44)29-35-12-8-10-16-41(35)45(43)47(38-25-19-32(2)20-26-38)39-27-21-33(3)22-28-39/h31-45H,4-30H2,1-3H3. The maximum Gasteiger partial charge on any atom is 0.0164 e. The van der Waals surface area contributed by atoms with Gasteiger partial charge in [0.1, 0.15) is 0 Å². The van der Waals surface area contributed by atoms with Crippen molar-refractivity contribution in [3.8, 4) is 0 Å². The van der Waals surface area contributed by atoms with Crippen LogP contribution >= 0.6 is 0 Å². The Hall–Kier alpha value is -0.0800. The molecule has 2 nitrogen and oxygen atoms in total. The second-order valence-corrected chi connectivity index (χ2v) is 20.1. The van der Waals surface area contributed by atoms with Gasteiger partial charge in [-0.3, -0.25) is 9.80 Å². The summed E-state index contributed by atoms with van der Waals surface area (Å²) in [5.41, 5.74) is 0. The Morgan fingerprint density at radius 2 is 0.617 bits per heavy atom. The molecular formula is C45H78N2. The van der Waals surface area contributed by atoms with Gasteiger partial charge in [0.05, 0.1) is 0 Å². The van der Waals surface area contributed by atoms with E-state index >= 15 is 0 Å². The topological polar surface area (TPSA) is 6.48 Å². The van der Waals surface area contributed by atoms with Gasteiger partial charge in [-0.25, -0.2) is 0 Å². The normalized spacial score (nSPS) is 48.4. The molecule has 0 aromatic rings. The number of nitrogens with zero attached hydrogens (tertiary/aromatic N) is 2. The van der Waals surface area contributed by atoms with Crippen LogP contribution in [0.5, 0.6) is 0 Å². The molecule has 8 saturated carbocycles. The molecule has 2 heteroatoms. The average Bonchev–Trinajstić information content (AvgIpc) is 3.11. The molecule has 8 aliphatic carbocycles. The van der Waals surface area contributed by atoms with Crippen LogP contribution in [0, 0.1) is 53.3 Å². The van der Waals surface area contributed by atoms with Crippen LogP contribution in [0.2, 0.25) is 0 Å². The summed E-state index contributed by atoms with van der Waals surface area (Å²) in [7, 11) is 0. The third-order valence-electron chi connectivity index (χ3n) is 17.3. The van der Waals surface area contributed by atoms with Gasteiger partial charge in [-0.05, 0) is 169 Å². The van der Waals surface area contributed by atoms with Crippen molar-refractivity contribution in [3.63, 3.8) is 0 Å². The second kappa shape index (κ2) is 15.3. The molecule has 0 heterocycles. The van der Waals surface area contributed by atoms with Crippen molar-refractivity contribution >= 4 is 0 Å². The Morgan fingerprint density at radius 1 is 0.298 bits per heavy atom. The summed E-state index contributed by atoms with van der Waals surface area (Å²) >= 11 is 0. The van der Waals surface area contributed by atoms with Crippen LogP contribution in [0.25, 0.3) is 0 Å². The van der Waals surface area contributed by atoms with Crippen molar-refractivity contribution < 1.29 is 0 Å². The average molecular weight is 647 g/mol. The largest absolute Gasteiger partial charge is 0.294 e. The van der Waals surface area contributed by atoms with Crippen LogP contribution < -0.4 is 0 Å². The van der Waals surface area contributed by atoms with E-state index in [9.17, 15) is 0 Å². The van der Waals surface area contributed by atoms with E-state index < -0.39 is 0 Å². The molecule has 8 aliphatic rings. The summed E-state index contributed by atoms with van der Waals surface area (Å²) in [6.07, 6.45) is 41.4. The number of rotatable bonds is 6. The van der Waals surface area contributed by atoms with Gasteiger partial charge in [0, 0.05) is 36.3 Å². The fourth-order valence-corrected chi connectivity index (χ4v) is 14.9. The lowest BCUT2D eigenvalue weighted by Gasteiger charge is -2.65. The number of hydrogen-bond acceptors (Lipinski definition) is 2. The number of hydrogen-bond donors (Lipinski definition) is 0. The highest BCUT2D eigenvalue weighted by molar-refractivity contribution is 5.11. The van der Waals surface area contributed by atoms with Gasteiger partial charge < -0.3 is 0 Å². The van der Waals surface area contributed by atoms with Crippen molar-refractivity contribution in [2.24, 2.45) is 53.3 Å². The molecule has 0 amide bonds. The van der Waals surface area contributed by atoms with E-state index in [4.69, 9.17) is 0 Å². The molecule has 0 aromatic heterocycles. The smallest absolute Gasteiger partial charge is 0.0164 e. The molecule has 0 saturated heterocycles. The zero-order valence-corrected chi connectivity index (χ0v) is 31.6.